The van der Waals surface area contributed by atoms with Crippen molar-refractivity contribution in [3.8, 4) is 6.07 Å². The lowest BCUT2D eigenvalue weighted by Crippen LogP contribution is -2.34. The van der Waals surface area contributed by atoms with Crippen molar-refractivity contribution in [3.05, 3.63) is 40.2 Å². The molecule has 0 fully saturated rings. The molecule has 1 atom stereocenters. The number of methoxy groups -OCH3 is 1. The predicted octanol–water partition coefficient (Wildman–Crippen LogP) is 1.66. The zero-order valence-corrected chi connectivity index (χ0v) is 15.1. The zero-order valence-electron chi connectivity index (χ0n) is 15.1. The molecular weight excluding hydrogens is 336 g/mol. The van der Waals surface area contributed by atoms with E-state index in [2.05, 4.69) is 5.10 Å². The molecule has 136 valence electrons. The number of carbonyl (C=O) groups excluding carboxylic acids is 2. The standard InChI is InChI=1S/C18H20N4O4/c1-18(2)5-11(23)14-12(6-18)26-16(20)9(7-19)13(14)15-10(17(24)25-4)8-21-22(15)3/h8,13H,5-6,20H2,1-4H3/t13-/m0/s1. The monoisotopic (exact) mass is 356 g/mol. The van der Waals surface area contributed by atoms with Crippen molar-refractivity contribution in [2.24, 2.45) is 18.2 Å². The Morgan fingerprint density at radius 1 is 1.50 bits per heavy atom. The molecule has 0 saturated heterocycles. The molecular formula is C18H20N4O4. The molecule has 2 heterocycles. The summed E-state index contributed by atoms with van der Waals surface area (Å²) in [7, 11) is 2.90. The number of carbonyl (C=O) groups is 2. The van der Waals surface area contributed by atoms with E-state index < -0.39 is 11.9 Å². The van der Waals surface area contributed by atoms with Crippen LogP contribution < -0.4 is 5.73 Å². The second kappa shape index (κ2) is 6.02. The molecule has 26 heavy (non-hydrogen) atoms. The van der Waals surface area contributed by atoms with Gasteiger partial charge in [0.05, 0.1) is 24.9 Å². The number of hydrogen-bond donors (Lipinski definition) is 1. The van der Waals surface area contributed by atoms with E-state index in [0.29, 0.717) is 29.9 Å². The number of rotatable bonds is 2. The summed E-state index contributed by atoms with van der Waals surface area (Å²) in [5, 5.41) is 13.8. The molecule has 0 radical (unpaired) electrons. The third-order valence-electron chi connectivity index (χ3n) is 4.74. The van der Waals surface area contributed by atoms with Crippen molar-refractivity contribution in [3.63, 3.8) is 0 Å². The van der Waals surface area contributed by atoms with Gasteiger partial charge in [0.25, 0.3) is 0 Å². The van der Waals surface area contributed by atoms with Crippen LogP contribution in [0, 0.1) is 16.7 Å². The van der Waals surface area contributed by atoms with Gasteiger partial charge >= 0.3 is 5.97 Å². The van der Waals surface area contributed by atoms with Crippen molar-refractivity contribution in [1.82, 2.24) is 9.78 Å². The number of aryl methyl sites for hydroxylation is 1. The Bertz CT molecular complexity index is 914. The van der Waals surface area contributed by atoms with Crippen LogP contribution in [0.1, 0.15) is 48.7 Å². The number of Topliss-reactive ketones (excluding diaryl/α,β-unsaturated/α-hetero) is 1. The van der Waals surface area contributed by atoms with Gasteiger partial charge in [-0.15, -0.1) is 0 Å². The summed E-state index contributed by atoms with van der Waals surface area (Å²) in [6.45, 7) is 3.94. The summed E-state index contributed by atoms with van der Waals surface area (Å²) in [5.41, 5.74) is 6.73. The van der Waals surface area contributed by atoms with Crippen LogP contribution in [-0.2, 0) is 21.3 Å². The molecule has 8 heteroatoms. The molecule has 0 saturated carbocycles. The fourth-order valence-electron chi connectivity index (χ4n) is 3.61. The van der Waals surface area contributed by atoms with Gasteiger partial charge in [-0.3, -0.25) is 9.48 Å². The van der Waals surface area contributed by atoms with Gasteiger partial charge in [0, 0.05) is 25.5 Å². The van der Waals surface area contributed by atoms with E-state index in [4.69, 9.17) is 15.2 Å². The Morgan fingerprint density at radius 2 is 2.19 bits per heavy atom. The van der Waals surface area contributed by atoms with E-state index >= 15 is 0 Å². The van der Waals surface area contributed by atoms with Gasteiger partial charge in [0.2, 0.25) is 5.88 Å². The first-order chi connectivity index (χ1) is 12.2. The lowest BCUT2D eigenvalue weighted by atomic mass is 9.70. The number of aromatic nitrogens is 2. The van der Waals surface area contributed by atoms with E-state index in [0.717, 1.165) is 0 Å². The smallest absolute Gasteiger partial charge is 0.341 e. The summed E-state index contributed by atoms with van der Waals surface area (Å²) in [4.78, 5) is 25.1. The maximum absolute atomic E-state index is 12.9. The fourth-order valence-corrected chi connectivity index (χ4v) is 3.61. The molecule has 0 amide bonds. The summed E-state index contributed by atoms with van der Waals surface area (Å²) in [6.07, 6.45) is 2.18. The molecule has 1 aliphatic heterocycles. The summed E-state index contributed by atoms with van der Waals surface area (Å²) < 4.78 is 11.9. The first kappa shape index (κ1) is 17.7. The third-order valence-corrected chi connectivity index (χ3v) is 4.74. The van der Waals surface area contributed by atoms with Gasteiger partial charge in [0.15, 0.2) is 5.78 Å². The second-order valence-electron chi connectivity index (χ2n) is 7.26. The number of nitriles is 1. The Labute approximate surface area is 150 Å². The molecule has 2 aliphatic rings. The van der Waals surface area contributed by atoms with Gasteiger partial charge in [-0.25, -0.2) is 4.79 Å². The summed E-state index contributed by atoms with van der Waals surface area (Å²) in [6, 6.07) is 2.03. The largest absolute Gasteiger partial charge is 0.465 e. The highest BCUT2D eigenvalue weighted by molar-refractivity contribution is 6.01. The van der Waals surface area contributed by atoms with Gasteiger partial charge in [0.1, 0.15) is 23.0 Å². The minimum absolute atomic E-state index is 0.0567. The van der Waals surface area contributed by atoms with Crippen molar-refractivity contribution in [1.29, 1.82) is 5.26 Å². The minimum atomic E-state index is -0.811. The molecule has 0 bridgehead atoms. The molecule has 1 aliphatic carbocycles. The maximum atomic E-state index is 12.9. The van der Waals surface area contributed by atoms with Crippen LogP contribution >= 0.6 is 0 Å². The molecule has 3 rings (SSSR count). The number of allylic oxidation sites excluding steroid dienone is 3. The SMILES string of the molecule is COC(=O)c1cnn(C)c1[C@H]1C(C#N)=C(N)OC2=C1C(=O)CC(C)(C)C2. The average Bonchev–Trinajstić information content (AvgIpc) is 2.92. The molecule has 1 aromatic heterocycles. The van der Waals surface area contributed by atoms with E-state index in [-0.39, 0.29) is 28.2 Å². The van der Waals surface area contributed by atoms with Crippen LogP contribution in [0.15, 0.2) is 29.0 Å². The normalized spacial score (nSPS) is 21.8. The number of nitrogens with zero attached hydrogens (tertiary/aromatic N) is 3. The van der Waals surface area contributed by atoms with Crippen LogP contribution in [-0.4, -0.2) is 28.6 Å². The summed E-state index contributed by atoms with van der Waals surface area (Å²) >= 11 is 0. The predicted molar refractivity (Wildman–Crippen MR) is 90.2 cm³/mol. The molecule has 1 aromatic rings. The number of esters is 1. The molecule has 0 unspecified atom stereocenters. The van der Waals surface area contributed by atoms with Gasteiger partial charge in [-0.05, 0) is 5.41 Å². The molecule has 0 aromatic carbocycles. The van der Waals surface area contributed by atoms with Crippen LogP contribution in [0.2, 0.25) is 0 Å². The van der Waals surface area contributed by atoms with Crippen molar-refractivity contribution in [2.45, 2.75) is 32.6 Å². The van der Waals surface area contributed by atoms with Crippen molar-refractivity contribution >= 4 is 11.8 Å². The Hall–Kier alpha value is -3.08. The van der Waals surface area contributed by atoms with Gasteiger partial charge < -0.3 is 15.2 Å². The summed E-state index contributed by atoms with van der Waals surface area (Å²) in [5.74, 6) is -1.14. The fraction of sp³-hybridized carbons (Fsp3) is 0.444. The number of hydrogen-bond acceptors (Lipinski definition) is 7. The average molecular weight is 356 g/mol. The van der Waals surface area contributed by atoms with E-state index in [9.17, 15) is 14.9 Å². The van der Waals surface area contributed by atoms with Crippen LogP contribution in [0.5, 0.6) is 0 Å². The van der Waals surface area contributed by atoms with E-state index in [1.165, 1.54) is 18.0 Å². The molecule has 8 nitrogen and oxygen atoms in total. The Balaban J connectivity index is 2.26. The highest BCUT2D eigenvalue weighted by Crippen LogP contribution is 2.48. The van der Waals surface area contributed by atoms with E-state index in [1.807, 2.05) is 19.9 Å². The first-order valence-corrected chi connectivity index (χ1v) is 8.14. The Kier molecular flexibility index (Phi) is 4.11. The molecule has 2 N–H and O–H groups in total. The quantitative estimate of drug-likeness (QED) is 0.800. The number of ether oxygens (including phenoxy) is 2. The van der Waals surface area contributed by atoms with Crippen LogP contribution in [0.4, 0.5) is 0 Å². The van der Waals surface area contributed by atoms with Crippen LogP contribution in [0.25, 0.3) is 0 Å². The van der Waals surface area contributed by atoms with E-state index in [1.54, 1.807) is 7.05 Å². The molecule has 0 spiro atoms. The van der Waals surface area contributed by atoms with Crippen molar-refractivity contribution < 1.29 is 19.1 Å². The van der Waals surface area contributed by atoms with Crippen LogP contribution in [0.3, 0.4) is 0 Å². The third kappa shape index (κ3) is 2.65. The lowest BCUT2D eigenvalue weighted by Gasteiger charge is -2.37. The van der Waals surface area contributed by atoms with Gasteiger partial charge in [-0.2, -0.15) is 10.4 Å². The number of ketones is 1. The van der Waals surface area contributed by atoms with Gasteiger partial charge in [-0.1, -0.05) is 13.8 Å². The minimum Gasteiger partial charge on any atom is -0.465 e. The Morgan fingerprint density at radius 3 is 2.81 bits per heavy atom. The van der Waals surface area contributed by atoms with Crippen molar-refractivity contribution in [2.75, 3.05) is 7.11 Å². The first-order valence-electron chi connectivity index (χ1n) is 8.14. The highest BCUT2D eigenvalue weighted by Gasteiger charge is 2.45. The topological polar surface area (TPSA) is 120 Å². The number of nitrogens with two attached hydrogens (primary N) is 1. The maximum Gasteiger partial charge on any atom is 0.341 e. The zero-order chi connectivity index (χ0) is 19.2. The lowest BCUT2D eigenvalue weighted by molar-refractivity contribution is -0.119. The second-order valence-corrected chi connectivity index (χ2v) is 7.26. The highest BCUT2D eigenvalue weighted by atomic mass is 16.5.